The molecular weight excluding hydrogens is 276 g/mol. The Kier molecular flexibility index (Phi) is 3.89. The van der Waals surface area contributed by atoms with Crippen molar-refractivity contribution in [1.82, 2.24) is 0 Å². The lowest BCUT2D eigenvalue weighted by atomic mass is 9.98. The van der Waals surface area contributed by atoms with Gasteiger partial charge in [-0.1, -0.05) is 56.3 Å². The highest BCUT2D eigenvalue weighted by atomic mass is 32.1. The third-order valence-electron chi connectivity index (χ3n) is 3.81. The predicted octanol–water partition coefficient (Wildman–Crippen LogP) is 5.45. The molecule has 0 atom stereocenters. The number of fused-ring (bicyclic) bond motifs is 1. The summed E-state index contributed by atoms with van der Waals surface area (Å²) < 4.78 is 1.25. The largest absolute Gasteiger partial charge is 0.294 e. The van der Waals surface area contributed by atoms with Gasteiger partial charge in [-0.05, 0) is 33.9 Å². The van der Waals surface area contributed by atoms with Crippen LogP contribution in [0.2, 0.25) is 0 Å². The minimum absolute atomic E-state index is 0.189. The molecule has 0 aliphatic rings. The topological polar surface area (TPSA) is 17.1 Å². The molecule has 0 radical (unpaired) electrons. The maximum absolute atomic E-state index is 12.4. The molecule has 1 nitrogen and oxygen atoms in total. The average Bonchev–Trinajstić information content (AvgIpc) is 2.91. The molecule has 106 valence electrons. The second-order valence-electron chi connectivity index (χ2n) is 5.63. The van der Waals surface area contributed by atoms with Gasteiger partial charge >= 0.3 is 0 Å². The fourth-order valence-corrected chi connectivity index (χ4v) is 3.46. The summed E-state index contributed by atoms with van der Waals surface area (Å²) in [7, 11) is 0. The van der Waals surface area contributed by atoms with E-state index in [-0.39, 0.29) is 5.78 Å². The van der Waals surface area contributed by atoms with Crippen molar-refractivity contribution < 1.29 is 4.79 Å². The van der Waals surface area contributed by atoms with Gasteiger partial charge in [0, 0.05) is 16.7 Å². The molecular formula is C19H18OS. The minimum Gasteiger partial charge on any atom is -0.294 e. The Morgan fingerprint density at radius 3 is 2.48 bits per heavy atom. The van der Waals surface area contributed by atoms with Crippen molar-refractivity contribution in [2.45, 2.75) is 26.2 Å². The van der Waals surface area contributed by atoms with Crippen LogP contribution in [0.1, 0.15) is 41.3 Å². The van der Waals surface area contributed by atoms with Gasteiger partial charge in [0.25, 0.3) is 0 Å². The van der Waals surface area contributed by atoms with Crippen LogP contribution >= 0.6 is 11.3 Å². The van der Waals surface area contributed by atoms with Gasteiger partial charge < -0.3 is 0 Å². The van der Waals surface area contributed by atoms with Crippen LogP contribution in [-0.2, 0) is 6.42 Å². The Labute approximate surface area is 129 Å². The summed E-state index contributed by atoms with van der Waals surface area (Å²) in [5.74, 6) is 0.684. The van der Waals surface area contributed by atoms with Gasteiger partial charge in [-0.15, -0.1) is 11.3 Å². The number of benzene rings is 2. The summed E-state index contributed by atoms with van der Waals surface area (Å²) in [5, 5.41) is 3.31. The van der Waals surface area contributed by atoms with Crippen LogP contribution in [0, 0.1) is 0 Å². The number of carbonyl (C=O) groups is 1. The number of ketones is 1. The molecule has 0 spiro atoms. The van der Waals surface area contributed by atoms with E-state index in [1.165, 1.54) is 15.6 Å². The Bertz CT molecular complexity index is 766. The quantitative estimate of drug-likeness (QED) is 0.585. The van der Waals surface area contributed by atoms with E-state index in [1.54, 1.807) is 11.3 Å². The molecule has 21 heavy (non-hydrogen) atoms. The Morgan fingerprint density at radius 2 is 1.76 bits per heavy atom. The first kappa shape index (κ1) is 14.0. The highest BCUT2D eigenvalue weighted by Crippen LogP contribution is 2.26. The first-order valence-corrected chi connectivity index (χ1v) is 8.11. The fourth-order valence-electron chi connectivity index (χ4n) is 2.50. The number of hydrogen-bond acceptors (Lipinski definition) is 2. The molecule has 1 aromatic heterocycles. The third-order valence-corrected chi connectivity index (χ3v) is 4.82. The smallest absolute Gasteiger partial charge is 0.167 e. The SMILES string of the molecule is CC(C)c1ccc(C(=O)Cc2csc3ccccc23)cc1. The van der Waals surface area contributed by atoms with Gasteiger partial charge in [0.2, 0.25) is 0 Å². The van der Waals surface area contributed by atoms with Crippen LogP contribution in [0.4, 0.5) is 0 Å². The first-order chi connectivity index (χ1) is 10.1. The third kappa shape index (κ3) is 2.91. The van der Waals surface area contributed by atoms with E-state index in [1.807, 2.05) is 24.3 Å². The standard InChI is InChI=1S/C19H18OS/c1-13(2)14-7-9-15(10-8-14)18(20)11-16-12-21-19-6-4-3-5-17(16)19/h3-10,12-13H,11H2,1-2H3. The first-order valence-electron chi connectivity index (χ1n) is 7.23. The van der Waals surface area contributed by atoms with Crippen molar-refractivity contribution in [2.24, 2.45) is 0 Å². The normalized spacial score (nSPS) is 11.2. The zero-order valence-electron chi connectivity index (χ0n) is 12.3. The van der Waals surface area contributed by atoms with Gasteiger partial charge in [-0.25, -0.2) is 0 Å². The van der Waals surface area contributed by atoms with Gasteiger partial charge in [-0.3, -0.25) is 4.79 Å². The van der Waals surface area contributed by atoms with Crippen molar-refractivity contribution in [2.75, 3.05) is 0 Å². The summed E-state index contributed by atoms with van der Waals surface area (Å²) in [4.78, 5) is 12.4. The molecule has 0 bridgehead atoms. The zero-order chi connectivity index (χ0) is 14.8. The number of thiophene rings is 1. The number of rotatable bonds is 4. The second kappa shape index (κ2) is 5.82. The van der Waals surface area contributed by atoms with Crippen LogP contribution in [0.15, 0.2) is 53.9 Å². The second-order valence-corrected chi connectivity index (χ2v) is 6.54. The summed E-state index contributed by atoms with van der Waals surface area (Å²) in [6.07, 6.45) is 0.477. The lowest BCUT2D eigenvalue weighted by molar-refractivity contribution is 0.0993. The summed E-state index contributed by atoms with van der Waals surface area (Å²) in [6, 6.07) is 16.3. The van der Waals surface area contributed by atoms with Crippen LogP contribution in [0.5, 0.6) is 0 Å². The van der Waals surface area contributed by atoms with Gasteiger partial charge in [0.05, 0.1) is 0 Å². The Balaban J connectivity index is 1.83. The van der Waals surface area contributed by atoms with E-state index in [4.69, 9.17) is 0 Å². The van der Waals surface area contributed by atoms with E-state index < -0.39 is 0 Å². The molecule has 2 aromatic carbocycles. The molecule has 0 saturated heterocycles. The number of hydrogen-bond donors (Lipinski definition) is 0. The van der Waals surface area contributed by atoms with E-state index in [0.29, 0.717) is 12.3 Å². The summed E-state index contributed by atoms with van der Waals surface area (Å²) in [5.41, 5.74) is 3.20. The maximum atomic E-state index is 12.4. The molecule has 1 heterocycles. The van der Waals surface area contributed by atoms with Crippen LogP contribution in [-0.4, -0.2) is 5.78 Å². The predicted molar refractivity (Wildman–Crippen MR) is 90.4 cm³/mol. The molecule has 3 rings (SSSR count). The van der Waals surface area contributed by atoms with Gasteiger partial charge in [0.15, 0.2) is 5.78 Å². The molecule has 0 fully saturated rings. The Hall–Kier alpha value is -1.93. The van der Waals surface area contributed by atoms with E-state index in [9.17, 15) is 4.79 Å². The lowest BCUT2D eigenvalue weighted by Crippen LogP contribution is -2.03. The van der Waals surface area contributed by atoms with Crippen molar-refractivity contribution >= 4 is 27.2 Å². The fraction of sp³-hybridized carbons (Fsp3) is 0.211. The van der Waals surface area contributed by atoms with Gasteiger partial charge in [0.1, 0.15) is 0 Å². The highest BCUT2D eigenvalue weighted by Gasteiger charge is 2.11. The molecule has 0 saturated carbocycles. The van der Waals surface area contributed by atoms with Crippen molar-refractivity contribution in [3.8, 4) is 0 Å². The monoisotopic (exact) mass is 294 g/mol. The average molecular weight is 294 g/mol. The molecule has 0 N–H and O–H groups in total. The minimum atomic E-state index is 0.189. The number of Topliss-reactive ketones (excluding diaryl/α,β-unsaturated/α-hetero) is 1. The molecule has 3 aromatic rings. The van der Waals surface area contributed by atoms with E-state index in [0.717, 1.165) is 11.1 Å². The summed E-state index contributed by atoms with van der Waals surface area (Å²) in [6.45, 7) is 4.32. The molecule has 0 unspecified atom stereocenters. The van der Waals surface area contributed by atoms with E-state index in [2.05, 4.69) is 43.5 Å². The highest BCUT2D eigenvalue weighted by molar-refractivity contribution is 7.17. The van der Waals surface area contributed by atoms with E-state index >= 15 is 0 Å². The maximum Gasteiger partial charge on any atom is 0.167 e. The van der Waals surface area contributed by atoms with Crippen LogP contribution < -0.4 is 0 Å². The van der Waals surface area contributed by atoms with Crippen LogP contribution in [0.25, 0.3) is 10.1 Å². The van der Waals surface area contributed by atoms with Crippen molar-refractivity contribution in [3.05, 3.63) is 70.6 Å². The zero-order valence-corrected chi connectivity index (χ0v) is 13.1. The van der Waals surface area contributed by atoms with Gasteiger partial charge in [-0.2, -0.15) is 0 Å². The molecule has 0 aliphatic carbocycles. The molecule has 0 amide bonds. The Morgan fingerprint density at radius 1 is 1.05 bits per heavy atom. The van der Waals surface area contributed by atoms with Crippen molar-refractivity contribution in [3.63, 3.8) is 0 Å². The van der Waals surface area contributed by atoms with Crippen molar-refractivity contribution in [1.29, 1.82) is 0 Å². The molecule has 2 heteroatoms. The summed E-state index contributed by atoms with van der Waals surface area (Å²) >= 11 is 1.71. The lowest BCUT2D eigenvalue weighted by Gasteiger charge is -2.06. The van der Waals surface area contributed by atoms with Crippen LogP contribution in [0.3, 0.4) is 0 Å². The number of carbonyl (C=O) groups excluding carboxylic acids is 1. The molecule has 0 aliphatic heterocycles.